The molecule has 0 radical (unpaired) electrons. The molecule has 1 aliphatic carbocycles. The Morgan fingerprint density at radius 3 is 2.46 bits per heavy atom. The van der Waals surface area contributed by atoms with Gasteiger partial charge in [-0.2, -0.15) is 0 Å². The molecule has 2 aliphatic heterocycles. The van der Waals surface area contributed by atoms with E-state index in [0.717, 1.165) is 70.1 Å². The lowest BCUT2D eigenvalue weighted by Crippen LogP contribution is -2.41. The fourth-order valence-corrected chi connectivity index (χ4v) is 4.76. The highest BCUT2D eigenvalue weighted by Crippen LogP contribution is 2.27. The fourth-order valence-electron chi connectivity index (χ4n) is 4.76. The van der Waals surface area contributed by atoms with E-state index in [-0.39, 0.29) is 18.3 Å². The van der Waals surface area contributed by atoms with E-state index in [4.69, 9.17) is 4.74 Å². The van der Waals surface area contributed by atoms with Crippen molar-refractivity contribution in [3.63, 3.8) is 0 Å². The van der Waals surface area contributed by atoms with Crippen LogP contribution >= 0.6 is 12.4 Å². The molecule has 4 rings (SSSR count). The maximum Gasteiger partial charge on any atom is 0.276 e. The number of carbonyl (C=O) groups excluding carboxylic acids is 1. The SMILES string of the molecule is Cc1c(C(=O)N2CCC(OCC3CCCC3)CC2)nnn1C1CCNCC1.Cl. The molecule has 3 heterocycles. The lowest BCUT2D eigenvalue weighted by atomic mass is 10.1. The van der Waals surface area contributed by atoms with Gasteiger partial charge >= 0.3 is 0 Å². The van der Waals surface area contributed by atoms with Gasteiger partial charge in [0.25, 0.3) is 5.91 Å². The number of carbonyl (C=O) groups is 1. The molecular formula is C20H34ClN5O2. The summed E-state index contributed by atoms with van der Waals surface area (Å²) in [5.41, 5.74) is 1.44. The zero-order chi connectivity index (χ0) is 18.6. The van der Waals surface area contributed by atoms with Crippen LogP contribution < -0.4 is 5.32 Å². The Labute approximate surface area is 174 Å². The third kappa shape index (κ3) is 4.86. The maximum absolute atomic E-state index is 12.9. The monoisotopic (exact) mass is 411 g/mol. The van der Waals surface area contributed by atoms with Gasteiger partial charge in [0.1, 0.15) is 0 Å². The maximum atomic E-state index is 12.9. The van der Waals surface area contributed by atoms with Crippen LogP contribution in [0.4, 0.5) is 0 Å². The second-order valence-corrected chi connectivity index (χ2v) is 8.42. The van der Waals surface area contributed by atoms with E-state index in [1.54, 1.807) is 0 Å². The summed E-state index contributed by atoms with van der Waals surface area (Å²) in [5.74, 6) is 0.791. The molecule has 3 fully saturated rings. The second-order valence-electron chi connectivity index (χ2n) is 8.42. The number of ether oxygens (including phenoxy) is 1. The van der Waals surface area contributed by atoms with Crippen molar-refractivity contribution in [3.05, 3.63) is 11.4 Å². The Morgan fingerprint density at radius 2 is 1.79 bits per heavy atom. The van der Waals surface area contributed by atoms with Gasteiger partial charge in [-0.1, -0.05) is 18.1 Å². The molecule has 0 aromatic carbocycles. The average Bonchev–Trinajstić information content (AvgIpc) is 3.37. The van der Waals surface area contributed by atoms with Gasteiger partial charge in [-0.3, -0.25) is 4.79 Å². The van der Waals surface area contributed by atoms with Crippen LogP contribution in [0.5, 0.6) is 0 Å². The summed E-state index contributed by atoms with van der Waals surface area (Å²) < 4.78 is 8.10. The standard InChI is InChI=1S/C20H33N5O2.ClH/c1-15-19(22-23-25(15)17-6-10-21-11-7-17)20(26)24-12-8-18(9-13-24)27-14-16-4-2-3-5-16;/h16-18,21H,2-14H2,1H3;1H. The summed E-state index contributed by atoms with van der Waals surface area (Å²) >= 11 is 0. The minimum absolute atomic E-state index is 0. The first-order valence-corrected chi connectivity index (χ1v) is 10.8. The van der Waals surface area contributed by atoms with Crippen LogP contribution in [-0.2, 0) is 4.74 Å². The van der Waals surface area contributed by atoms with Gasteiger partial charge < -0.3 is 15.0 Å². The summed E-state index contributed by atoms with van der Waals surface area (Å²) in [6, 6.07) is 0.357. The van der Waals surface area contributed by atoms with Crippen LogP contribution in [0.1, 0.15) is 73.6 Å². The second kappa shape index (κ2) is 10.0. The summed E-state index contributed by atoms with van der Waals surface area (Å²) in [7, 11) is 0. The fraction of sp³-hybridized carbons (Fsp3) is 0.850. The first-order chi connectivity index (χ1) is 13.2. The van der Waals surface area contributed by atoms with Crippen LogP contribution in [0.15, 0.2) is 0 Å². The van der Waals surface area contributed by atoms with E-state index in [0.29, 0.717) is 17.8 Å². The minimum atomic E-state index is 0. The number of amides is 1. The zero-order valence-corrected chi connectivity index (χ0v) is 17.8. The molecule has 0 bridgehead atoms. The molecular weight excluding hydrogens is 378 g/mol. The largest absolute Gasteiger partial charge is 0.378 e. The molecule has 1 amide bonds. The first kappa shape index (κ1) is 21.5. The topological polar surface area (TPSA) is 72.3 Å². The Kier molecular flexibility index (Phi) is 7.71. The molecule has 158 valence electrons. The van der Waals surface area contributed by atoms with E-state index in [9.17, 15) is 4.79 Å². The van der Waals surface area contributed by atoms with Crippen LogP contribution in [0.25, 0.3) is 0 Å². The van der Waals surface area contributed by atoms with E-state index in [1.165, 1.54) is 25.7 Å². The van der Waals surface area contributed by atoms with Crippen LogP contribution in [0.2, 0.25) is 0 Å². The van der Waals surface area contributed by atoms with Gasteiger partial charge in [0, 0.05) is 19.7 Å². The number of aromatic nitrogens is 3. The summed E-state index contributed by atoms with van der Waals surface area (Å²) in [6.07, 6.45) is 9.62. The van der Waals surface area contributed by atoms with E-state index >= 15 is 0 Å². The molecule has 3 aliphatic rings. The molecule has 7 nitrogen and oxygen atoms in total. The lowest BCUT2D eigenvalue weighted by Gasteiger charge is -2.32. The number of piperidine rings is 2. The molecule has 2 saturated heterocycles. The van der Waals surface area contributed by atoms with E-state index in [2.05, 4.69) is 15.6 Å². The van der Waals surface area contributed by atoms with Crippen molar-refractivity contribution in [2.75, 3.05) is 32.8 Å². The molecule has 28 heavy (non-hydrogen) atoms. The highest BCUT2D eigenvalue weighted by atomic mass is 35.5. The van der Waals surface area contributed by atoms with E-state index < -0.39 is 0 Å². The van der Waals surface area contributed by atoms with Crippen molar-refractivity contribution < 1.29 is 9.53 Å². The third-order valence-electron chi connectivity index (χ3n) is 6.56. The van der Waals surface area contributed by atoms with E-state index in [1.807, 2.05) is 16.5 Å². The predicted molar refractivity (Wildman–Crippen MR) is 110 cm³/mol. The number of halogens is 1. The Hall–Kier alpha value is -1.18. The summed E-state index contributed by atoms with van der Waals surface area (Å²) in [4.78, 5) is 14.9. The highest BCUT2D eigenvalue weighted by molar-refractivity contribution is 5.93. The number of hydrogen-bond acceptors (Lipinski definition) is 5. The molecule has 0 unspecified atom stereocenters. The third-order valence-corrected chi connectivity index (χ3v) is 6.56. The van der Waals surface area contributed by atoms with Crippen LogP contribution in [-0.4, -0.2) is 64.7 Å². The van der Waals surface area contributed by atoms with Gasteiger partial charge in [-0.05, 0) is 64.5 Å². The Morgan fingerprint density at radius 1 is 1.11 bits per heavy atom. The molecule has 1 saturated carbocycles. The van der Waals surface area contributed by atoms with Crippen molar-refractivity contribution in [2.45, 2.75) is 70.4 Å². The number of rotatable bonds is 5. The molecule has 1 aromatic heterocycles. The van der Waals surface area contributed by atoms with Gasteiger partial charge in [-0.15, -0.1) is 17.5 Å². The lowest BCUT2D eigenvalue weighted by molar-refractivity contribution is -0.00605. The van der Waals surface area contributed by atoms with Gasteiger partial charge in [-0.25, -0.2) is 4.68 Å². The Balaban J connectivity index is 0.00000225. The molecule has 8 heteroatoms. The van der Waals surface area contributed by atoms with Crippen molar-refractivity contribution in [2.24, 2.45) is 5.92 Å². The van der Waals surface area contributed by atoms with Gasteiger partial charge in [0.15, 0.2) is 5.69 Å². The van der Waals surface area contributed by atoms with Crippen molar-refractivity contribution >= 4 is 18.3 Å². The number of hydrogen-bond donors (Lipinski definition) is 1. The van der Waals surface area contributed by atoms with Crippen LogP contribution in [0, 0.1) is 12.8 Å². The molecule has 1 aromatic rings. The van der Waals surface area contributed by atoms with Crippen molar-refractivity contribution in [1.29, 1.82) is 0 Å². The molecule has 0 atom stereocenters. The Bertz CT molecular complexity index is 633. The van der Waals surface area contributed by atoms with Crippen molar-refractivity contribution in [3.8, 4) is 0 Å². The highest BCUT2D eigenvalue weighted by Gasteiger charge is 2.29. The molecule has 1 N–H and O–H groups in total. The molecule has 0 spiro atoms. The van der Waals surface area contributed by atoms with Crippen LogP contribution in [0.3, 0.4) is 0 Å². The quantitative estimate of drug-likeness (QED) is 0.806. The average molecular weight is 412 g/mol. The van der Waals surface area contributed by atoms with Gasteiger partial charge in [0.05, 0.1) is 17.8 Å². The zero-order valence-electron chi connectivity index (χ0n) is 16.9. The summed E-state index contributed by atoms with van der Waals surface area (Å²) in [5, 5.41) is 11.9. The predicted octanol–water partition coefficient (Wildman–Crippen LogP) is 2.74. The number of nitrogens with one attached hydrogen (secondary N) is 1. The number of nitrogens with zero attached hydrogens (tertiary/aromatic N) is 4. The van der Waals surface area contributed by atoms with Gasteiger partial charge in [0.2, 0.25) is 0 Å². The first-order valence-electron chi connectivity index (χ1n) is 10.8. The normalized spacial score (nSPS) is 22.4. The number of likely N-dealkylation sites (tertiary alicyclic amines) is 1. The smallest absolute Gasteiger partial charge is 0.276 e. The summed E-state index contributed by atoms with van der Waals surface area (Å²) in [6.45, 7) is 6.40. The minimum Gasteiger partial charge on any atom is -0.378 e. The van der Waals surface area contributed by atoms with Crippen molar-refractivity contribution in [1.82, 2.24) is 25.2 Å².